The summed E-state index contributed by atoms with van der Waals surface area (Å²) in [6, 6.07) is 8.11. The fraction of sp³-hybridized carbons (Fsp3) is 0.600. The summed E-state index contributed by atoms with van der Waals surface area (Å²) in [7, 11) is 0. The molecule has 3 fully saturated rings. The summed E-state index contributed by atoms with van der Waals surface area (Å²) in [5.41, 5.74) is 1.27. The number of rotatable bonds is 6. The molecule has 0 unspecified atom stereocenters. The van der Waals surface area contributed by atoms with Crippen LogP contribution in [0, 0.1) is 11.8 Å². The molecule has 0 aliphatic carbocycles. The Balaban J connectivity index is 0.000000706. The second-order valence-electron chi connectivity index (χ2n) is 7.67. The van der Waals surface area contributed by atoms with Crippen molar-refractivity contribution in [2.75, 3.05) is 31.6 Å². The molecule has 0 saturated carbocycles. The Morgan fingerprint density at radius 1 is 1.54 bits per heavy atom. The molecule has 0 radical (unpaired) electrons. The van der Waals surface area contributed by atoms with Gasteiger partial charge < -0.3 is 15.2 Å². The maximum Gasteiger partial charge on any atom is 0.290 e. The average molecular weight is 427 g/mol. The summed E-state index contributed by atoms with van der Waals surface area (Å²) in [6.45, 7) is 3.46. The number of nitrogens with zero attached hydrogens (tertiary/aromatic N) is 1. The molecule has 1 amide bonds. The molecule has 3 aliphatic heterocycles. The molecule has 4 atom stereocenters. The first-order valence-electron chi connectivity index (χ1n) is 9.49. The van der Waals surface area contributed by atoms with Gasteiger partial charge in [0.15, 0.2) is 0 Å². The summed E-state index contributed by atoms with van der Waals surface area (Å²) in [4.78, 5) is 22.7. The van der Waals surface area contributed by atoms with Gasteiger partial charge in [0.1, 0.15) is 0 Å². The highest BCUT2D eigenvalue weighted by Gasteiger charge is 2.62. The predicted octanol–water partition coefficient (Wildman–Crippen LogP) is 2.50. The van der Waals surface area contributed by atoms with Crippen LogP contribution in [0.1, 0.15) is 18.4 Å². The summed E-state index contributed by atoms with van der Waals surface area (Å²) >= 11 is 7.69. The molecule has 1 aromatic rings. The van der Waals surface area contributed by atoms with E-state index in [1.165, 1.54) is 5.56 Å². The van der Waals surface area contributed by atoms with Crippen molar-refractivity contribution in [3.63, 3.8) is 0 Å². The monoisotopic (exact) mass is 426 g/mol. The molecule has 154 valence electrons. The molecule has 2 bridgehead atoms. The highest BCUT2D eigenvalue weighted by Crippen LogP contribution is 2.54. The van der Waals surface area contributed by atoms with Gasteiger partial charge in [-0.1, -0.05) is 23.7 Å². The number of halogens is 1. The first-order chi connectivity index (χ1) is 13.5. The average Bonchev–Trinajstić information content (AvgIpc) is 3.29. The van der Waals surface area contributed by atoms with Crippen molar-refractivity contribution >= 4 is 35.7 Å². The Morgan fingerprint density at radius 2 is 2.32 bits per heavy atom. The molecule has 8 heteroatoms. The van der Waals surface area contributed by atoms with E-state index in [1.54, 1.807) is 11.8 Å². The number of fused-ring (bicyclic) bond motifs is 1. The molecule has 2 N–H and O–H groups in total. The SMILES string of the molecule is CSCC(=O)NC[C@H]1[C@H]2CN(Cc3cccc(Cl)c3)C[C@]23CC[C@H]1O3.O=CO. The van der Waals surface area contributed by atoms with E-state index >= 15 is 0 Å². The van der Waals surface area contributed by atoms with E-state index in [2.05, 4.69) is 16.3 Å². The van der Waals surface area contributed by atoms with Gasteiger partial charge in [0.05, 0.1) is 17.5 Å². The van der Waals surface area contributed by atoms with Gasteiger partial charge in [0.25, 0.3) is 6.47 Å². The zero-order chi connectivity index (χ0) is 20.1. The first-order valence-corrected chi connectivity index (χ1v) is 11.3. The highest BCUT2D eigenvalue weighted by atomic mass is 35.5. The van der Waals surface area contributed by atoms with Gasteiger partial charge >= 0.3 is 0 Å². The van der Waals surface area contributed by atoms with Crippen LogP contribution in [0.25, 0.3) is 0 Å². The quantitative estimate of drug-likeness (QED) is 0.680. The molecule has 1 aromatic carbocycles. The van der Waals surface area contributed by atoms with Gasteiger partial charge in [-0.15, -0.1) is 0 Å². The lowest BCUT2D eigenvalue weighted by Crippen LogP contribution is -2.42. The molecule has 0 aromatic heterocycles. The van der Waals surface area contributed by atoms with Crippen molar-refractivity contribution < 1.29 is 19.4 Å². The van der Waals surface area contributed by atoms with Crippen LogP contribution in [0.5, 0.6) is 0 Å². The smallest absolute Gasteiger partial charge is 0.290 e. The van der Waals surface area contributed by atoms with Gasteiger partial charge in [-0.3, -0.25) is 14.5 Å². The minimum atomic E-state index is -0.250. The lowest BCUT2D eigenvalue weighted by molar-refractivity contribution is -0.123. The van der Waals surface area contributed by atoms with Crippen molar-refractivity contribution in [2.24, 2.45) is 11.8 Å². The third-order valence-corrected chi connectivity index (χ3v) is 6.75. The Hall–Kier alpha value is -1.28. The Morgan fingerprint density at radius 3 is 3.04 bits per heavy atom. The van der Waals surface area contributed by atoms with Crippen LogP contribution in [0.3, 0.4) is 0 Å². The minimum Gasteiger partial charge on any atom is -0.483 e. The number of carbonyl (C=O) groups excluding carboxylic acids is 1. The van der Waals surface area contributed by atoms with Crippen LogP contribution in [0.2, 0.25) is 5.02 Å². The zero-order valence-corrected chi connectivity index (χ0v) is 17.5. The fourth-order valence-corrected chi connectivity index (χ4v) is 5.56. The standard InChI is InChI=1S/C19H25ClN2O2S.CH2O2/c1-25-11-18(23)21-8-15-16-10-22(9-13-3-2-4-14(20)7-13)12-19(16)6-5-17(15)24-19;2-1-3/h2-4,7,15-17H,5-6,8-12H2,1H3,(H,21,23);1H,(H,2,3)/t15-,16+,17+,19+;/m0./s1. The second kappa shape index (κ2) is 9.48. The van der Waals surface area contributed by atoms with Gasteiger partial charge in [0, 0.05) is 43.0 Å². The van der Waals surface area contributed by atoms with Crippen molar-refractivity contribution in [3.8, 4) is 0 Å². The maximum absolute atomic E-state index is 11.8. The van der Waals surface area contributed by atoms with Crippen molar-refractivity contribution in [1.29, 1.82) is 0 Å². The Labute approximate surface area is 174 Å². The van der Waals surface area contributed by atoms with E-state index in [0.717, 1.165) is 44.0 Å². The third-order valence-electron chi connectivity index (χ3n) is 5.96. The lowest BCUT2D eigenvalue weighted by Gasteiger charge is -2.29. The number of carboxylic acid groups (broad SMARTS) is 1. The summed E-state index contributed by atoms with van der Waals surface area (Å²) in [5.74, 6) is 1.65. The van der Waals surface area contributed by atoms with Gasteiger partial charge in [0.2, 0.25) is 5.91 Å². The van der Waals surface area contributed by atoms with Gasteiger partial charge in [-0.2, -0.15) is 11.8 Å². The largest absolute Gasteiger partial charge is 0.483 e. The number of thioether (sulfide) groups is 1. The van der Waals surface area contributed by atoms with E-state index in [0.29, 0.717) is 23.7 Å². The molecule has 28 heavy (non-hydrogen) atoms. The molecule has 3 aliphatic rings. The molecular weight excluding hydrogens is 400 g/mol. The molecule has 3 saturated heterocycles. The van der Waals surface area contributed by atoms with Crippen molar-refractivity contribution in [2.45, 2.75) is 31.1 Å². The Bertz CT molecular complexity index is 707. The molecule has 1 spiro atoms. The lowest BCUT2D eigenvalue weighted by atomic mass is 9.73. The number of hydrogen-bond acceptors (Lipinski definition) is 5. The minimum absolute atomic E-state index is 0.0120. The molecule has 6 nitrogen and oxygen atoms in total. The number of ether oxygens (including phenoxy) is 1. The maximum atomic E-state index is 11.8. The molecule has 4 rings (SSSR count). The van der Waals surface area contributed by atoms with E-state index in [4.69, 9.17) is 26.2 Å². The van der Waals surface area contributed by atoms with E-state index in [-0.39, 0.29) is 18.0 Å². The number of carbonyl (C=O) groups is 2. The van der Waals surface area contributed by atoms with Crippen LogP contribution in [0.15, 0.2) is 24.3 Å². The van der Waals surface area contributed by atoms with Crippen LogP contribution >= 0.6 is 23.4 Å². The summed E-state index contributed by atoms with van der Waals surface area (Å²) in [6.07, 6.45) is 4.57. The number of nitrogens with one attached hydrogen (secondary N) is 1. The van der Waals surface area contributed by atoms with Crippen molar-refractivity contribution in [3.05, 3.63) is 34.9 Å². The van der Waals surface area contributed by atoms with Crippen LogP contribution < -0.4 is 5.32 Å². The van der Waals surface area contributed by atoms with Gasteiger partial charge in [-0.05, 0) is 36.8 Å². The van der Waals surface area contributed by atoms with Crippen molar-refractivity contribution in [1.82, 2.24) is 10.2 Å². The number of likely N-dealkylation sites (tertiary alicyclic amines) is 1. The Kier molecular flexibility index (Phi) is 7.25. The second-order valence-corrected chi connectivity index (χ2v) is 8.97. The topological polar surface area (TPSA) is 78.9 Å². The number of hydrogen-bond donors (Lipinski definition) is 2. The normalized spacial score (nSPS) is 30.4. The highest BCUT2D eigenvalue weighted by molar-refractivity contribution is 7.99. The predicted molar refractivity (Wildman–Crippen MR) is 111 cm³/mol. The fourth-order valence-electron chi connectivity index (χ4n) is 4.99. The van der Waals surface area contributed by atoms with Crippen LogP contribution in [-0.2, 0) is 20.9 Å². The summed E-state index contributed by atoms with van der Waals surface area (Å²) in [5, 5.41) is 10.8. The van der Waals surface area contributed by atoms with E-state index < -0.39 is 0 Å². The molecule has 3 heterocycles. The number of amides is 1. The van der Waals surface area contributed by atoms with Crippen LogP contribution in [0.4, 0.5) is 0 Å². The van der Waals surface area contributed by atoms with Crippen LogP contribution in [-0.4, -0.2) is 65.7 Å². The van der Waals surface area contributed by atoms with E-state index in [9.17, 15) is 4.79 Å². The zero-order valence-electron chi connectivity index (χ0n) is 16.0. The van der Waals surface area contributed by atoms with Gasteiger partial charge in [-0.25, -0.2) is 0 Å². The van der Waals surface area contributed by atoms with E-state index in [1.807, 2.05) is 24.5 Å². The number of benzene rings is 1. The third kappa shape index (κ3) is 4.64. The molecular formula is C20H27ClN2O4S. The summed E-state index contributed by atoms with van der Waals surface area (Å²) < 4.78 is 6.46. The first kappa shape index (κ1) is 21.4.